The van der Waals surface area contributed by atoms with E-state index in [2.05, 4.69) is 240 Å². The number of hydrogen-bond donors (Lipinski definition) is 0. The molecule has 13 rings (SSSR count). The Labute approximate surface area is 386 Å². The van der Waals surface area contributed by atoms with Gasteiger partial charge in [-0.05, 0) is 118 Å². The fraction of sp³-hybridized carbons (Fsp3) is 0.0323. The molecule has 312 valence electrons. The van der Waals surface area contributed by atoms with Crippen LogP contribution in [0.15, 0.2) is 229 Å². The molecule has 1 unspecified atom stereocenters. The maximum atomic E-state index is 6.28. The van der Waals surface area contributed by atoms with Gasteiger partial charge in [-0.1, -0.05) is 158 Å². The third-order valence-corrected chi connectivity index (χ3v) is 14.5. The van der Waals surface area contributed by atoms with Gasteiger partial charge in [-0.15, -0.1) is 11.3 Å². The van der Waals surface area contributed by atoms with Gasteiger partial charge in [0.1, 0.15) is 11.0 Å². The zero-order valence-corrected chi connectivity index (χ0v) is 36.8. The van der Waals surface area contributed by atoms with Crippen LogP contribution < -0.4 is 20.4 Å². The second-order valence-electron chi connectivity index (χ2n) is 17.2. The van der Waals surface area contributed by atoms with Crippen molar-refractivity contribution in [1.82, 2.24) is 0 Å². The summed E-state index contributed by atoms with van der Waals surface area (Å²) in [5.41, 5.74) is 12.4. The van der Waals surface area contributed by atoms with E-state index in [4.69, 9.17) is 4.42 Å². The van der Waals surface area contributed by atoms with Crippen LogP contribution in [0.5, 0.6) is 0 Å². The molecular formula is C62H42N2OS. The topological polar surface area (TPSA) is 19.6 Å². The van der Waals surface area contributed by atoms with E-state index < -0.39 is 0 Å². The summed E-state index contributed by atoms with van der Waals surface area (Å²) in [5.74, 6) is 0. The summed E-state index contributed by atoms with van der Waals surface area (Å²) in [4.78, 5) is 4.91. The lowest BCUT2D eigenvalue weighted by Crippen LogP contribution is -2.36. The first-order valence-electron chi connectivity index (χ1n) is 22.7. The normalized spacial score (nSPS) is 13.5. The van der Waals surface area contributed by atoms with E-state index >= 15 is 0 Å². The standard InChI is InChI=1S/C62H42N2OS/c1-3-15-51-45(11-1)13-9-19-57(51)63(49-35-37-60-55(39-49)53-17-5-7-21-59(53)65-60)47-31-27-43(28-32-47)41-23-25-42(26-24-41)44-29-33-48(34-30-44)64(58-20-10-14-46-12-2-4-16-52(46)58)50-36-38-62-56(40-50)54-18-6-8-22-61(54)66-62/h1-34,36-40,49H,35H2. The molecule has 0 saturated heterocycles. The Morgan fingerprint density at radius 3 is 1.62 bits per heavy atom. The highest BCUT2D eigenvalue weighted by atomic mass is 32.1. The number of furan rings is 1. The zero-order chi connectivity index (χ0) is 43.6. The Bertz CT molecular complexity index is 3910. The summed E-state index contributed by atoms with van der Waals surface area (Å²) >= 11 is 1.85. The van der Waals surface area contributed by atoms with Gasteiger partial charge in [0.05, 0.1) is 11.7 Å². The van der Waals surface area contributed by atoms with E-state index in [1.165, 1.54) is 74.9 Å². The molecule has 66 heavy (non-hydrogen) atoms. The van der Waals surface area contributed by atoms with Crippen LogP contribution >= 0.6 is 11.3 Å². The molecular weight excluding hydrogens is 821 g/mol. The van der Waals surface area contributed by atoms with Crippen molar-refractivity contribution in [2.45, 2.75) is 12.5 Å². The Kier molecular flexibility index (Phi) is 9.17. The van der Waals surface area contributed by atoms with Crippen molar-refractivity contribution in [3.8, 4) is 22.3 Å². The molecule has 0 spiro atoms. The number of rotatable bonds is 8. The largest absolute Gasteiger partial charge is 0.456 e. The molecule has 4 heteroatoms. The number of nitrogens with zero attached hydrogens (tertiary/aromatic N) is 2. The second kappa shape index (κ2) is 15.8. The van der Waals surface area contributed by atoms with Gasteiger partial charge in [-0.25, -0.2) is 0 Å². The molecule has 0 N–H and O–H groups in total. The summed E-state index contributed by atoms with van der Waals surface area (Å²) in [6.07, 6.45) is 5.49. The number of para-hydroxylation sites is 1. The lowest BCUT2D eigenvalue weighted by atomic mass is 9.98. The van der Waals surface area contributed by atoms with Crippen LogP contribution in [0.4, 0.5) is 28.4 Å². The average molecular weight is 863 g/mol. The van der Waals surface area contributed by atoms with E-state index in [0.717, 1.165) is 45.6 Å². The van der Waals surface area contributed by atoms with Crippen LogP contribution in [0.2, 0.25) is 0 Å². The molecule has 10 aromatic carbocycles. The van der Waals surface area contributed by atoms with Gasteiger partial charge >= 0.3 is 0 Å². The highest BCUT2D eigenvalue weighted by molar-refractivity contribution is 7.25. The number of fused-ring (bicyclic) bond motifs is 8. The van der Waals surface area contributed by atoms with E-state index in [0.29, 0.717) is 0 Å². The predicted octanol–water partition coefficient (Wildman–Crippen LogP) is 16.1. The predicted molar refractivity (Wildman–Crippen MR) is 281 cm³/mol. The number of benzene rings is 10. The monoisotopic (exact) mass is 862 g/mol. The van der Waals surface area contributed by atoms with Gasteiger partial charge in [0.15, 0.2) is 0 Å². The average Bonchev–Trinajstić information content (AvgIpc) is 3.95. The highest BCUT2D eigenvalue weighted by Crippen LogP contribution is 2.43. The van der Waals surface area contributed by atoms with Gasteiger partial charge < -0.3 is 14.2 Å². The Balaban J connectivity index is 0.823. The Hall–Kier alpha value is -8.18. The van der Waals surface area contributed by atoms with Crippen molar-refractivity contribution in [3.05, 3.63) is 235 Å². The molecule has 2 heterocycles. The fourth-order valence-corrected chi connectivity index (χ4v) is 11.2. The van der Waals surface area contributed by atoms with Gasteiger partial charge in [-0.2, -0.15) is 0 Å². The Morgan fingerprint density at radius 1 is 0.409 bits per heavy atom. The quantitative estimate of drug-likeness (QED) is 0.152. The minimum absolute atomic E-state index is 0.102. The Morgan fingerprint density at radius 2 is 0.924 bits per heavy atom. The lowest BCUT2D eigenvalue weighted by molar-refractivity contribution is 0.569. The minimum Gasteiger partial charge on any atom is -0.456 e. The van der Waals surface area contributed by atoms with E-state index in [1.807, 2.05) is 17.4 Å². The fourth-order valence-electron chi connectivity index (χ4n) is 10.2. The summed E-state index contributed by atoms with van der Waals surface area (Å²) in [6.45, 7) is 0. The molecule has 1 atom stereocenters. The second-order valence-corrected chi connectivity index (χ2v) is 18.3. The van der Waals surface area contributed by atoms with Crippen molar-refractivity contribution in [1.29, 1.82) is 0 Å². The van der Waals surface area contributed by atoms with E-state index in [1.54, 1.807) is 0 Å². The minimum atomic E-state index is 0.102. The van der Waals surface area contributed by atoms with Crippen LogP contribution in [0.25, 0.3) is 87.1 Å². The van der Waals surface area contributed by atoms with Crippen LogP contribution in [0.3, 0.4) is 0 Å². The van der Waals surface area contributed by atoms with Crippen molar-refractivity contribution >= 4 is 105 Å². The summed E-state index contributed by atoms with van der Waals surface area (Å²) < 4.78 is 8.89. The summed E-state index contributed by atoms with van der Waals surface area (Å²) in [7, 11) is 0. The van der Waals surface area contributed by atoms with Crippen molar-refractivity contribution in [2.75, 3.05) is 9.80 Å². The van der Waals surface area contributed by atoms with Crippen LogP contribution in [0, 0.1) is 0 Å². The van der Waals surface area contributed by atoms with Gasteiger partial charge in [-0.3, -0.25) is 0 Å². The summed E-state index contributed by atoms with van der Waals surface area (Å²) in [5, 5.41) is 9.82. The maximum Gasteiger partial charge on any atom is 0.135 e. The number of thiophene rings is 1. The van der Waals surface area contributed by atoms with Crippen LogP contribution in [-0.4, -0.2) is 6.04 Å². The van der Waals surface area contributed by atoms with E-state index in [-0.39, 0.29) is 6.04 Å². The maximum absolute atomic E-state index is 6.28. The van der Waals surface area contributed by atoms with Gasteiger partial charge in [0, 0.05) is 64.3 Å². The molecule has 1 aliphatic carbocycles. The molecule has 0 aliphatic heterocycles. The highest BCUT2D eigenvalue weighted by Gasteiger charge is 2.24. The lowest BCUT2D eigenvalue weighted by Gasteiger charge is -2.33. The molecule has 3 nitrogen and oxygen atoms in total. The number of anilines is 5. The molecule has 0 amide bonds. The van der Waals surface area contributed by atoms with Crippen molar-refractivity contribution in [2.24, 2.45) is 0 Å². The van der Waals surface area contributed by atoms with Crippen molar-refractivity contribution < 1.29 is 4.42 Å². The SMILES string of the molecule is C1=c2oc3ccccc3c2=CC(N(c2ccc(-c3ccc(-c4ccc(N(c5ccc6sc7ccccc7c6c5)c5cccc6ccccc56)cc4)cc3)cc2)c2cccc3ccccc23)C1. The molecule has 0 saturated carbocycles. The third-order valence-electron chi connectivity index (χ3n) is 13.4. The van der Waals surface area contributed by atoms with Crippen molar-refractivity contribution in [3.63, 3.8) is 0 Å². The molecule has 0 radical (unpaired) electrons. The first-order valence-corrected chi connectivity index (χ1v) is 23.5. The molecule has 2 aromatic heterocycles. The molecule has 0 bridgehead atoms. The first kappa shape index (κ1) is 38.3. The zero-order valence-electron chi connectivity index (χ0n) is 36.0. The van der Waals surface area contributed by atoms with Crippen LogP contribution in [0.1, 0.15) is 6.42 Å². The van der Waals surface area contributed by atoms with Gasteiger partial charge in [0.2, 0.25) is 0 Å². The van der Waals surface area contributed by atoms with Crippen LogP contribution in [-0.2, 0) is 0 Å². The summed E-state index contributed by atoms with van der Waals surface area (Å²) in [6, 6.07) is 81.8. The smallest absolute Gasteiger partial charge is 0.135 e. The van der Waals surface area contributed by atoms with E-state index in [9.17, 15) is 0 Å². The first-order chi connectivity index (χ1) is 32.7. The number of hydrogen-bond acceptors (Lipinski definition) is 4. The molecule has 0 fully saturated rings. The molecule has 12 aromatic rings. The molecule has 1 aliphatic rings. The third kappa shape index (κ3) is 6.57. The van der Waals surface area contributed by atoms with Gasteiger partial charge in [0.25, 0.3) is 0 Å².